The molecular weight excluding hydrogens is 834 g/mol. The number of nitrogens with zero attached hydrogens (tertiary/aromatic N) is 8. The van der Waals surface area contributed by atoms with Gasteiger partial charge in [0.05, 0.1) is 30.7 Å². The van der Waals surface area contributed by atoms with Gasteiger partial charge in [0, 0.05) is 31.5 Å². The molecule has 0 aromatic carbocycles. The molecule has 1 unspecified atom stereocenters. The van der Waals surface area contributed by atoms with Crippen molar-refractivity contribution >= 4 is 61.7 Å². The Morgan fingerprint density at radius 2 is 1.74 bits per heavy atom. The standard InChI is InChI=1S/C30H42N10O15P2S/c1-3-4-20(41)38(2)16(7-15-10-58-14-37-15)30(44)54-24-17(53-29(22(24)42)40-13-36-21-26(32)33-11-34-27(21)40)9-51-57(48,49)55-25-18(8-50-56(45,46)47)52-28(23(25)43)39-6-5-19(31)35-12-39/h5-6,10-11,13-14,16-18,22-25,28-29,42-43H,3-4,7-9,12H2,1-2H3,(H2,31,35)(H,48,49)(H2,32,33,34)(H2,45,46,47)/t16-,17+,18+,22+,23+,24+,25+,28+,29+/m0/s1. The summed E-state index contributed by atoms with van der Waals surface area (Å²) in [6.45, 7) is -0.112. The number of phosphoric acid groups is 2. The number of rotatable bonds is 17. The summed E-state index contributed by atoms with van der Waals surface area (Å²) in [4.78, 5) is 79.5. The summed E-state index contributed by atoms with van der Waals surface area (Å²) >= 11 is 1.28. The largest absolute Gasteiger partial charge is 0.472 e. The number of esters is 1. The van der Waals surface area contributed by atoms with Crippen molar-refractivity contribution in [3.63, 3.8) is 0 Å². The van der Waals surface area contributed by atoms with E-state index in [9.17, 15) is 43.6 Å². The van der Waals surface area contributed by atoms with Crippen LogP contribution in [0.5, 0.6) is 0 Å². The molecule has 10 atom stereocenters. The minimum atomic E-state index is -5.30. The average Bonchev–Trinajstić information content (AvgIpc) is 3.97. The molecule has 58 heavy (non-hydrogen) atoms. The Kier molecular flexibility index (Phi) is 13.6. The van der Waals surface area contributed by atoms with Crippen LogP contribution in [0.2, 0.25) is 0 Å². The Bertz CT molecular complexity index is 2090. The summed E-state index contributed by atoms with van der Waals surface area (Å²) in [6.07, 6.45) is -6.89. The van der Waals surface area contributed by atoms with Crippen molar-refractivity contribution in [2.75, 3.05) is 32.7 Å². The predicted octanol–water partition coefficient (Wildman–Crippen LogP) is -1.25. The van der Waals surface area contributed by atoms with Gasteiger partial charge in [-0.25, -0.2) is 38.9 Å². The molecule has 0 saturated carbocycles. The van der Waals surface area contributed by atoms with E-state index in [2.05, 4.69) is 29.5 Å². The highest BCUT2D eigenvalue weighted by Crippen LogP contribution is 2.49. The highest BCUT2D eigenvalue weighted by atomic mass is 32.1. The second-order valence-corrected chi connectivity index (χ2v) is 16.6. The van der Waals surface area contributed by atoms with E-state index in [1.54, 1.807) is 17.8 Å². The highest BCUT2D eigenvalue weighted by Gasteiger charge is 2.53. The summed E-state index contributed by atoms with van der Waals surface area (Å²) in [6, 6.07) is -1.22. The van der Waals surface area contributed by atoms with Crippen LogP contribution >= 0.6 is 27.0 Å². The van der Waals surface area contributed by atoms with Gasteiger partial charge in [-0.1, -0.05) is 6.92 Å². The summed E-state index contributed by atoms with van der Waals surface area (Å²) < 4.78 is 59.2. The van der Waals surface area contributed by atoms with Gasteiger partial charge < -0.3 is 60.4 Å². The molecule has 2 saturated heterocycles. The molecule has 3 aliphatic rings. The molecule has 0 aliphatic carbocycles. The Morgan fingerprint density at radius 1 is 1.03 bits per heavy atom. The lowest BCUT2D eigenvalue weighted by Crippen LogP contribution is -2.48. The quantitative estimate of drug-likeness (QED) is 0.0615. The van der Waals surface area contributed by atoms with Crippen LogP contribution in [0.4, 0.5) is 5.82 Å². The third-order valence-corrected chi connectivity index (χ3v) is 11.4. The molecule has 6 rings (SSSR count). The van der Waals surface area contributed by atoms with E-state index in [1.165, 1.54) is 51.4 Å². The van der Waals surface area contributed by atoms with Crippen LogP contribution in [0, 0.1) is 0 Å². The zero-order chi connectivity index (χ0) is 41.9. The number of amidine groups is 1. The number of carbonyl (C=O) groups is 2. The maximum atomic E-state index is 14.0. The van der Waals surface area contributed by atoms with Crippen LogP contribution in [0.3, 0.4) is 0 Å². The Balaban J connectivity index is 1.24. The number of aliphatic hydroxyl groups excluding tert-OH is 2. The molecule has 6 heterocycles. The van der Waals surface area contributed by atoms with E-state index in [4.69, 9.17) is 34.7 Å². The summed E-state index contributed by atoms with van der Waals surface area (Å²) in [5.41, 5.74) is 13.9. The number of amides is 1. The Labute approximate surface area is 333 Å². The molecule has 25 nitrogen and oxygen atoms in total. The number of hydrogen-bond acceptors (Lipinski definition) is 21. The molecule has 3 aliphatic heterocycles. The first kappa shape index (κ1) is 43.6. The van der Waals surface area contributed by atoms with Gasteiger partial charge in [0.2, 0.25) is 5.91 Å². The van der Waals surface area contributed by atoms with Crippen LogP contribution in [0.15, 0.2) is 40.8 Å². The second-order valence-electron chi connectivity index (χ2n) is 13.2. The highest BCUT2D eigenvalue weighted by molar-refractivity contribution is 7.47. The average molecular weight is 877 g/mol. The summed E-state index contributed by atoms with van der Waals surface area (Å²) in [7, 11) is -8.96. The fraction of sp³-hybridized carbons (Fsp3) is 0.567. The lowest BCUT2D eigenvalue weighted by Gasteiger charge is -2.30. The number of hydrogen-bond donors (Lipinski definition) is 7. The number of fused-ring (bicyclic) bond motifs is 1. The SMILES string of the molecule is CCCC(=O)N(C)[C@@H](Cc1cscn1)C(=O)O[C@H]1[C@@H](O)[C@H](n2cnc3c(N)ncnc32)O[C@@H]1COP(=O)(O)O[C@H]1[C@@H](O)[C@H](N2C=CC(N)=NC2)O[C@@H]1COP(=O)(O)O. The minimum Gasteiger partial charge on any atom is -0.455 e. The van der Waals surface area contributed by atoms with Gasteiger partial charge in [-0.05, 0) is 12.5 Å². The molecule has 3 aromatic heterocycles. The van der Waals surface area contributed by atoms with Crippen LogP contribution in [0.25, 0.3) is 11.2 Å². The summed E-state index contributed by atoms with van der Waals surface area (Å²) in [5.74, 6) is -1.15. The lowest BCUT2D eigenvalue weighted by molar-refractivity contribution is -0.165. The Hall–Kier alpha value is -4.01. The molecule has 9 N–H and O–H groups in total. The van der Waals surface area contributed by atoms with Gasteiger partial charge >= 0.3 is 21.6 Å². The van der Waals surface area contributed by atoms with Crippen molar-refractivity contribution in [3.05, 3.63) is 41.5 Å². The zero-order valence-electron chi connectivity index (χ0n) is 30.8. The number of carbonyl (C=O) groups excluding carboxylic acids is 2. The predicted molar refractivity (Wildman–Crippen MR) is 198 cm³/mol. The van der Waals surface area contributed by atoms with Crippen molar-refractivity contribution in [1.29, 1.82) is 0 Å². The van der Waals surface area contributed by atoms with Gasteiger partial charge in [0.15, 0.2) is 30.0 Å². The molecule has 2 fully saturated rings. The van der Waals surface area contributed by atoms with E-state index < -0.39 is 89.9 Å². The molecule has 28 heteroatoms. The van der Waals surface area contributed by atoms with E-state index in [-0.39, 0.29) is 48.2 Å². The van der Waals surface area contributed by atoms with E-state index >= 15 is 0 Å². The van der Waals surface area contributed by atoms with Crippen LogP contribution in [0.1, 0.15) is 31.7 Å². The number of imidazole rings is 1. The number of anilines is 1. The number of nitrogens with two attached hydrogens (primary N) is 2. The van der Waals surface area contributed by atoms with Crippen molar-refractivity contribution in [3.8, 4) is 0 Å². The van der Waals surface area contributed by atoms with Gasteiger partial charge in [-0.3, -0.25) is 22.9 Å². The number of phosphoric ester groups is 2. The first-order valence-electron chi connectivity index (χ1n) is 17.5. The van der Waals surface area contributed by atoms with Gasteiger partial charge in [0.1, 0.15) is 60.9 Å². The molecule has 0 spiro atoms. The van der Waals surface area contributed by atoms with E-state index in [0.717, 1.165) is 6.33 Å². The maximum absolute atomic E-state index is 14.0. The van der Waals surface area contributed by atoms with Crippen molar-refractivity contribution in [1.82, 2.24) is 34.3 Å². The number of aliphatic hydroxyl groups is 2. The molecule has 0 radical (unpaired) electrons. The van der Waals surface area contributed by atoms with Gasteiger partial charge in [-0.2, -0.15) is 0 Å². The first-order valence-corrected chi connectivity index (χ1v) is 21.5. The smallest absolute Gasteiger partial charge is 0.455 e. The van der Waals surface area contributed by atoms with E-state index in [0.29, 0.717) is 12.1 Å². The normalized spacial score (nSPS) is 27.7. The van der Waals surface area contributed by atoms with Crippen molar-refractivity contribution in [2.45, 2.75) is 81.3 Å². The van der Waals surface area contributed by atoms with Crippen LogP contribution < -0.4 is 11.5 Å². The van der Waals surface area contributed by atoms with Crippen LogP contribution in [-0.2, 0) is 52.9 Å². The van der Waals surface area contributed by atoms with E-state index in [1.807, 2.05) is 0 Å². The maximum Gasteiger partial charge on any atom is 0.472 e. The van der Waals surface area contributed by atoms with Crippen molar-refractivity contribution in [2.24, 2.45) is 10.7 Å². The third-order valence-electron chi connectivity index (χ3n) is 9.26. The lowest BCUT2D eigenvalue weighted by atomic mass is 10.1. The fourth-order valence-corrected chi connectivity index (χ4v) is 8.23. The van der Waals surface area contributed by atoms with Crippen LogP contribution in [-0.4, -0.2) is 153 Å². The topological polar surface area (TPSA) is 352 Å². The third kappa shape index (κ3) is 10.0. The number of ether oxygens (including phenoxy) is 3. The molecule has 318 valence electrons. The molecular formula is C30H42N10O15P2S. The second kappa shape index (κ2) is 18.1. The monoisotopic (exact) mass is 876 g/mol. The number of aromatic nitrogens is 5. The molecule has 0 bridgehead atoms. The minimum absolute atomic E-state index is 0.0140. The number of likely N-dealkylation sites (N-methyl/N-ethyl adjacent to an activating group) is 1. The van der Waals surface area contributed by atoms with Gasteiger partial charge in [0.25, 0.3) is 0 Å². The molecule has 1 amide bonds. The van der Waals surface area contributed by atoms with Crippen molar-refractivity contribution < 1.29 is 71.4 Å². The zero-order valence-corrected chi connectivity index (χ0v) is 33.4. The summed E-state index contributed by atoms with van der Waals surface area (Å²) in [5, 5.41) is 24.5. The van der Waals surface area contributed by atoms with Gasteiger partial charge in [-0.15, -0.1) is 11.3 Å². The number of nitrogen functional groups attached to an aromatic ring is 1. The number of aliphatic imine (C=N–C) groups is 1. The fourth-order valence-electron chi connectivity index (χ4n) is 6.36. The number of thiazole rings is 1. The first-order chi connectivity index (χ1) is 27.5. The Morgan fingerprint density at radius 3 is 2.41 bits per heavy atom. The molecule has 3 aromatic rings.